The Labute approximate surface area is 106 Å². The molecule has 1 rings (SSSR count). The van der Waals surface area contributed by atoms with Crippen LogP contribution in [-0.4, -0.2) is 38.0 Å². The molecule has 0 aromatic heterocycles. The second-order valence-electron chi connectivity index (χ2n) is 4.88. The second kappa shape index (κ2) is 7.14. The Kier molecular flexibility index (Phi) is 6.17. The van der Waals surface area contributed by atoms with Crippen molar-refractivity contribution in [1.29, 1.82) is 0 Å². The summed E-state index contributed by atoms with van der Waals surface area (Å²) in [6.07, 6.45) is 2.94. The monoisotopic (exact) mass is 241 g/mol. The van der Waals surface area contributed by atoms with E-state index < -0.39 is 0 Å². The lowest BCUT2D eigenvalue weighted by molar-refractivity contribution is -0.126. The number of nitrogens with one attached hydrogen (secondary N) is 1. The third-order valence-electron chi connectivity index (χ3n) is 3.41. The van der Waals surface area contributed by atoms with Crippen molar-refractivity contribution in [2.75, 3.05) is 26.4 Å². The molecule has 0 aromatic rings. The van der Waals surface area contributed by atoms with Gasteiger partial charge in [-0.2, -0.15) is 0 Å². The van der Waals surface area contributed by atoms with E-state index in [-0.39, 0.29) is 5.60 Å². The molecule has 100 valence electrons. The van der Waals surface area contributed by atoms with E-state index in [1.807, 2.05) is 0 Å². The van der Waals surface area contributed by atoms with Crippen molar-refractivity contribution in [3.05, 3.63) is 12.2 Å². The highest BCUT2D eigenvalue weighted by Crippen LogP contribution is 2.31. The molecule has 1 aliphatic heterocycles. The van der Waals surface area contributed by atoms with Gasteiger partial charge in [-0.3, -0.25) is 0 Å². The third kappa shape index (κ3) is 4.09. The van der Waals surface area contributed by atoms with Gasteiger partial charge in [-0.05, 0) is 26.8 Å². The first-order chi connectivity index (χ1) is 8.14. The van der Waals surface area contributed by atoms with Gasteiger partial charge in [-0.25, -0.2) is 0 Å². The number of ether oxygens (including phenoxy) is 2. The summed E-state index contributed by atoms with van der Waals surface area (Å²) in [5.41, 5.74) is 1.14. The van der Waals surface area contributed by atoms with E-state index in [0.717, 1.165) is 45.6 Å². The fourth-order valence-corrected chi connectivity index (χ4v) is 2.64. The van der Waals surface area contributed by atoms with Crippen LogP contribution in [-0.2, 0) is 9.47 Å². The minimum atomic E-state index is -0.0675. The summed E-state index contributed by atoms with van der Waals surface area (Å²) < 4.78 is 11.6. The molecule has 1 unspecified atom stereocenters. The van der Waals surface area contributed by atoms with Crippen LogP contribution in [0.5, 0.6) is 0 Å². The van der Waals surface area contributed by atoms with Crippen LogP contribution in [0.3, 0.4) is 0 Å². The molecule has 0 spiro atoms. The lowest BCUT2D eigenvalue weighted by Gasteiger charge is -2.43. The zero-order valence-electron chi connectivity index (χ0n) is 11.6. The molecule has 0 saturated carbocycles. The highest BCUT2D eigenvalue weighted by atomic mass is 16.5. The van der Waals surface area contributed by atoms with Crippen LogP contribution >= 0.6 is 0 Å². The van der Waals surface area contributed by atoms with Crippen molar-refractivity contribution in [3.63, 3.8) is 0 Å². The van der Waals surface area contributed by atoms with Crippen molar-refractivity contribution >= 4 is 0 Å². The Bertz CT molecular complexity index is 229. The van der Waals surface area contributed by atoms with Gasteiger partial charge in [0.2, 0.25) is 0 Å². The number of rotatable bonds is 7. The maximum atomic E-state index is 6.10. The van der Waals surface area contributed by atoms with E-state index in [1.165, 1.54) is 5.57 Å². The van der Waals surface area contributed by atoms with Gasteiger partial charge in [0.05, 0.1) is 5.60 Å². The summed E-state index contributed by atoms with van der Waals surface area (Å²) in [5.74, 6) is 0. The average molecular weight is 241 g/mol. The Hall–Kier alpha value is -0.380. The topological polar surface area (TPSA) is 30.5 Å². The zero-order valence-corrected chi connectivity index (χ0v) is 11.6. The van der Waals surface area contributed by atoms with Crippen LogP contribution < -0.4 is 5.32 Å². The molecule has 0 bridgehead atoms. The molecule has 3 heteroatoms. The Morgan fingerprint density at radius 2 is 2.06 bits per heavy atom. The normalized spacial score (nSPS) is 21.1. The van der Waals surface area contributed by atoms with E-state index in [2.05, 4.69) is 32.7 Å². The van der Waals surface area contributed by atoms with E-state index in [0.29, 0.717) is 6.04 Å². The summed E-state index contributed by atoms with van der Waals surface area (Å²) in [6, 6.07) is 0.355. The maximum Gasteiger partial charge on any atom is 0.0881 e. The zero-order chi connectivity index (χ0) is 12.7. The summed E-state index contributed by atoms with van der Waals surface area (Å²) in [5, 5.41) is 3.57. The largest absolute Gasteiger partial charge is 0.381 e. The standard InChI is InChI=1S/C14H27NO2/c1-5-15-13(11-12(3)4)14(17-6-2)7-9-16-10-8-14/h13,15H,3,5-11H2,1-2,4H3. The highest BCUT2D eigenvalue weighted by molar-refractivity contribution is 5.03. The summed E-state index contributed by atoms with van der Waals surface area (Å²) >= 11 is 0. The van der Waals surface area contributed by atoms with Crippen LogP contribution in [0.2, 0.25) is 0 Å². The van der Waals surface area contributed by atoms with Crippen molar-refractivity contribution < 1.29 is 9.47 Å². The molecule has 1 fully saturated rings. The van der Waals surface area contributed by atoms with Gasteiger partial charge in [0.1, 0.15) is 0 Å². The number of likely N-dealkylation sites (N-methyl/N-ethyl adjacent to an activating group) is 1. The van der Waals surface area contributed by atoms with Gasteiger partial charge in [0.25, 0.3) is 0 Å². The van der Waals surface area contributed by atoms with Gasteiger partial charge in [0.15, 0.2) is 0 Å². The Morgan fingerprint density at radius 1 is 1.41 bits per heavy atom. The average Bonchev–Trinajstić information content (AvgIpc) is 2.29. The predicted octanol–water partition coefficient (Wildman–Crippen LogP) is 2.52. The first kappa shape index (κ1) is 14.7. The summed E-state index contributed by atoms with van der Waals surface area (Å²) in [7, 11) is 0. The minimum Gasteiger partial charge on any atom is -0.381 e. The maximum absolute atomic E-state index is 6.10. The molecule has 17 heavy (non-hydrogen) atoms. The molecular weight excluding hydrogens is 214 g/mol. The molecule has 1 saturated heterocycles. The first-order valence-corrected chi connectivity index (χ1v) is 6.74. The Balaban J connectivity index is 2.78. The molecule has 0 aromatic carbocycles. The molecule has 1 N–H and O–H groups in total. The molecule has 1 atom stereocenters. The second-order valence-corrected chi connectivity index (χ2v) is 4.88. The van der Waals surface area contributed by atoms with Gasteiger partial charge >= 0.3 is 0 Å². The lowest BCUT2D eigenvalue weighted by atomic mass is 9.82. The van der Waals surface area contributed by atoms with E-state index in [1.54, 1.807) is 0 Å². The van der Waals surface area contributed by atoms with Gasteiger partial charge in [0, 0.05) is 38.7 Å². The van der Waals surface area contributed by atoms with Crippen molar-refractivity contribution in [2.24, 2.45) is 0 Å². The number of hydrogen-bond donors (Lipinski definition) is 1. The van der Waals surface area contributed by atoms with Crippen LogP contribution in [0, 0.1) is 0 Å². The lowest BCUT2D eigenvalue weighted by Crippen LogP contribution is -2.55. The highest BCUT2D eigenvalue weighted by Gasteiger charge is 2.40. The van der Waals surface area contributed by atoms with Gasteiger partial charge in [-0.1, -0.05) is 12.5 Å². The van der Waals surface area contributed by atoms with Gasteiger partial charge in [-0.15, -0.1) is 6.58 Å². The molecule has 0 aliphatic carbocycles. The number of hydrogen-bond acceptors (Lipinski definition) is 3. The van der Waals surface area contributed by atoms with Crippen LogP contribution in [0.25, 0.3) is 0 Å². The van der Waals surface area contributed by atoms with E-state index in [4.69, 9.17) is 9.47 Å². The summed E-state index contributed by atoms with van der Waals surface area (Å²) in [6.45, 7) is 13.7. The molecule has 0 radical (unpaired) electrons. The third-order valence-corrected chi connectivity index (χ3v) is 3.41. The minimum absolute atomic E-state index is 0.0675. The van der Waals surface area contributed by atoms with Crippen molar-refractivity contribution in [3.8, 4) is 0 Å². The fraction of sp³-hybridized carbons (Fsp3) is 0.857. The van der Waals surface area contributed by atoms with Crippen LogP contribution in [0.4, 0.5) is 0 Å². The van der Waals surface area contributed by atoms with Crippen LogP contribution in [0.15, 0.2) is 12.2 Å². The molecule has 3 nitrogen and oxygen atoms in total. The molecule has 1 heterocycles. The summed E-state index contributed by atoms with van der Waals surface area (Å²) in [4.78, 5) is 0. The van der Waals surface area contributed by atoms with Crippen molar-refractivity contribution in [2.45, 2.75) is 51.7 Å². The molecular formula is C14H27NO2. The van der Waals surface area contributed by atoms with Crippen molar-refractivity contribution in [1.82, 2.24) is 5.32 Å². The predicted molar refractivity (Wildman–Crippen MR) is 71.3 cm³/mol. The van der Waals surface area contributed by atoms with Gasteiger partial charge < -0.3 is 14.8 Å². The molecule has 0 amide bonds. The fourth-order valence-electron chi connectivity index (χ4n) is 2.64. The molecule has 1 aliphatic rings. The first-order valence-electron chi connectivity index (χ1n) is 6.74. The van der Waals surface area contributed by atoms with E-state index in [9.17, 15) is 0 Å². The van der Waals surface area contributed by atoms with E-state index >= 15 is 0 Å². The quantitative estimate of drug-likeness (QED) is 0.695. The smallest absolute Gasteiger partial charge is 0.0881 e. The SMILES string of the molecule is C=C(C)CC(NCC)C1(OCC)CCOCC1. The Morgan fingerprint density at radius 3 is 2.53 bits per heavy atom. The van der Waals surface area contributed by atoms with Crippen LogP contribution in [0.1, 0.15) is 40.0 Å².